The van der Waals surface area contributed by atoms with Crippen LogP contribution in [-0.4, -0.2) is 53.0 Å². The number of carboxylic acid groups (broad SMARTS) is 1. The van der Waals surface area contributed by atoms with E-state index in [-0.39, 0.29) is 24.4 Å². The molecule has 188 valence electrons. The predicted molar refractivity (Wildman–Crippen MR) is 132 cm³/mol. The summed E-state index contributed by atoms with van der Waals surface area (Å²) in [5, 5.41) is 24.0. The summed E-state index contributed by atoms with van der Waals surface area (Å²) in [4.78, 5) is 36.2. The maximum atomic E-state index is 12.7. The Morgan fingerprint density at radius 3 is 2.03 bits per heavy atom. The Morgan fingerprint density at radius 2 is 1.51 bits per heavy atom. The molecule has 0 saturated heterocycles. The van der Waals surface area contributed by atoms with Gasteiger partial charge in [-0.25, -0.2) is 9.59 Å². The molecule has 1 aliphatic rings. The van der Waals surface area contributed by atoms with E-state index >= 15 is 0 Å². The molecule has 2 amide bonds. The highest BCUT2D eigenvalue weighted by Gasteiger charge is 2.32. The normalized spacial score (nSPS) is 15.3. The number of benzene rings is 2. The first-order valence-electron chi connectivity index (χ1n) is 11.7. The molecule has 0 saturated carbocycles. The summed E-state index contributed by atoms with van der Waals surface area (Å²) in [6, 6.07) is 15.6. The second kappa shape index (κ2) is 10.5. The van der Waals surface area contributed by atoms with E-state index in [9.17, 15) is 19.5 Å². The van der Waals surface area contributed by atoms with Gasteiger partial charge in [0.05, 0.1) is 6.54 Å². The van der Waals surface area contributed by atoms with Gasteiger partial charge in [0.1, 0.15) is 6.61 Å². The lowest BCUT2D eigenvalue weighted by molar-refractivity contribution is -0.156. The molecule has 2 atom stereocenters. The van der Waals surface area contributed by atoms with E-state index in [1.165, 1.54) is 0 Å². The lowest BCUT2D eigenvalue weighted by atomic mass is 9.87. The zero-order chi connectivity index (χ0) is 25.8. The van der Waals surface area contributed by atoms with Crippen LogP contribution in [0.2, 0.25) is 0 Å². The number of fused-ring (bicyclic) bond motifs is 3. The van der Waals surface area contributed by atoms with Crippen LogP contribution < -0.4 is 10.6 Å². The van der Waals surface area contributed by atoms with Gasteiger partial charge in [0.2, 0.25) is 5.91 Å². The van der Waals surface area contributed by atoms with Crippen LogP contribution in [0.4, 0.5) is 4.79 Å². The Balaban J connectivity index is 1.62. The molecule has 2 aromatic carbocycles. The van der Waals surface area contributed by atoms with Gasteiger partial charge in [-0.15, -0.1) is 0 Å². The number of ether oxygens (including phenoxy) is 1. The fourth-order valence-corrected chi connectivity index (χ4v) is 4.36. The van der Waals surface area contributed by atoms with Crippen LogP contribution in [0.15, 0.2) is 48.5 Å². The minimum atomic E-state index is -2.07. The number of carbonyl (C=O) groups is 3. The van der Waals surface area contributed by atoms with Gasteiger partial charge in [0.15, 0.2) is 5.60 Å². The van der Waals surface area contributed by atoms with E-state index in [1.54, 1.807) is 0 Å². The molecule has 1 aliphatic carbocycles. The minimum absolute atomic E-state index is 0.0723. The first kappa shape index (κ1) is 26.2. The Morgan fingerprint density at radius 1 is 0.971 bits per heavy atom. The molecular weight excluding hydrogens is 448 g/mol. The monoisotopic (exact) mass is 482 g/mol. The van der Waals surface area contributed by atoms with Crippen molar-refractivity contribution in [3.63, 3.8) is 0 Å². The number of carbonyl (C=O) groups excluding carboxylic acids is 2. The number of aliphatic hydroxyl groups is 1. The Labute approximate surface area is 205 Å². The van der Waals surface area contributed by atoms with E-state index < -0.39 is 36.2 Å². The lowest BCUT2D eigenvalue weighted by Crippen LogP contribution is -2.48. The van der Waals surface area contributed by atoms with Gasteiger partial charge in [-0.2, -0.15) is 0 Å². The van der Waals surface area contributed by atoms with E-state index in [2.05, 4.69) is 22.8 Å². The molecule has 35 heavy (non-hydrogen) atoms. The standard InChI is InChI=1S/C27H34N2O6/c1-26(2,3)14-17(13-23(30)28-16-27(4,34)24(31)32)29-25(33)35-15-22-20-11-7-5-9-18(20)19-10-6-8-12-21(19)22/h5-12,17,22,34H,13-16H2,1-4H3,(H,28,30)(H,29,33)(H,31,32). The second-order valence-corrected chi connectivity index (χ2v) is 10.5. The van der Waals surface area contributed by atoms with Crippen molar-refractivity contribution < 1.29 is 29.3 Å². The SMILES string of the molecule is CC(C)(C)CC(CC(=O)NCC(C)(O)C(=O)O)NC(=O)OCC1c2ccccc2-c2ccccc21. The van der Waals surface area contributed by atoms with Crippen LogP contribution in [0.25, 0.3) is 11.1 Å². The maximum Gasteiger partial charge on any atom is 0.407 e. The Kier molecular flexibility index (Phi) is 7.85. The summed E-state index contributed by atoms with van der Waals surface area (Å²) in [6.45, 7) is 6.81. The number of amides is 2. The van der Waals surface area contributed by atoms with Crippen molar-refractivity contribution in [1.82, 2.24) is 10.6 Å². The molecule has 0 spiro atoms. The lowest BCUT2D eigenvalue weighted by Gasteiger charge is -2.27. The van der Waals surface area contributed by atoms with Gasteiger partial charge >= 0.3 is 12.1 Å². The van der Waals surface area contributed by atoms with Gasteiger partial charge in [-0.1, -0.05) is 69.3 Å². The number of hydrogen-bond acceptors (Lipinski definition) is 5. The summed E-state index contributed by atoms with van der Waals surface area (Å²) in [7, 11) is 0. The van der Waals surface area contributed by atoms with Gasteiger partial charge in [-0.05, 0) is 41.0 Å². The molecule has 0 bridgehead atoms. The van der Waals surface area contributed by atoms with Gasteiger partial charge in [0, 0.05) is 18.4 Å². The van der Waals surface area contributed by atoms with Gasteiger partial charge < -0.3 is 25.6 Å². The fraction of sp³-hybridized carbons (Fsp3) is 0.444. The van der Waals surface area contributed by atoms with Crippen LogP contribution in [0.1, 0.15) is 57.6 Å². The molecule has 4 N–H and O–H groups in total. The number of aliphatic carboxylic acids is 1. The first-order chi connectivity index (χ1) is 16.4. The molecule has 8 heteroatoms. The summed E-state index contributed by atoms with van der Waals surface area (Å²) in [5.74, 6) is -1.98. The van der Waals surface area contributed by atoms with Crippen molar-refractivity contribution in [3.8, 4) is 11.1 Å². The predicted octanol–water partition coefficient (Wildman–Crippen LogP) is 3.67. The smallest absolute Gasteiger partial charge is 0.407 e. The third kappa shape index (κ3) is 6.82. The van der Waals surface area contributed by atoms with E-state index in [0.29, 0.717) is 6.42 Å². The van der Waals surface area contributed by atoms with Gasteiger partial charge in [0.25, 0.3) is 0 Å². The maximum absolute atomic E-state index is 12.7. The highest BCUT2D eigenvalue weighted by molar-refractivity contribution is 5.81. The van der Waals surface area contributed by atoms with Gasteiger partial charge in [-0.3, -0.25) is 4.79 Å². The third-order valence-electron chi connectivity index (χ3n) is 6.05. The minimum Gasteiger partial charge on any atom is -0.479 e. The fourth-order valence-electron chi connectivity index (χ4n) is 4.36. The van der Waals surface area contributed by atoms with Crippen LogP contribution in [0.5, 0.6) is 0 Å². The molecule has 0 aromatic heterocycles. The number of hydrogen-bond donors (Lipinski definition) is 4. The third-order valence-corrected chi connectivity index (χ3v) is 6.05. The molecule has 3 rings (SSSR count). The number of alkyl carbamates (subject to hydrolysis) is 1. The zero-order valence-electron chi connectivity index (χ0n) is 20.6. The highest BCUT2D eigenvalue weighted by Crippen LogP contribution is 2.44. The Bertz CT molecular complexity index is 1040. The van der Waals surface area contributed by atoms with Crippen LogP contribution >= 0.6 is 0 Å². The number of carboxylic acids is 1. The van der Waals surface area contributed by atoms with Crippen molar-refractivity contribution in [2.45, 2.75) is 58.1 Å². The van der Waals surface area contributed by atoms with Crippen LogP contribution in [0, 0.1) is 5.41 Å². The van der Waals surface area contributed by atoms with Crippen molar-refractivity contribution in [3.05, 3.63) is 59.7 Å². The average Bonchev–Trinajstić information content (AvgIpc) is 3.09. The second-order valence-electron chi connectivity index (χ2n) is 10.5. The first-order valence-corrected chi connectivity index (χ1v) is 11.7. The van der Waals surface area contributed by atoms with Crippen LogP contribution in [0.3, 0.4) is 0 Å². The quantitative estimate of drug-likeness (QED) is 0.432. The van der Waals surface area contributed by atoms with Crippen molar-refractivity contribution >= 4 is 18.0 Å². The summed E-state index contributed by atoms with van der Waals surface area (Å²) >= 11 is 0. The summed E-state index contributed by atoms with van der Waals surface area (Å²) in [5.41, 5.74) is 2.23. The Hall–Kier alpha value is -3.39. The molecule has 0 radical (unpaired) electrons. The molecule has 8 nitrogen and oxygen atoms in total. The topological polar surface area (TPSA) is 125 Å². The van der Waals surface area contributed by atoms with Crippen molar-refractivity contribution in [2.75, 3.05) is 13.2 Å². The van der Waals surface area contributed by atoms with Crippen molar-refractivity contribution in [1.29, 1.82) is 0 Å². The van der Waals surface area contributed by atoms with E-state index in [4.69, 9.17) is 9.84 Å². The molecular formula is C27H34N2O6. The average molecular weight is 483 g/mol. The van der Waals surface area contributed by atoms with Crippen molar-refractivity contribution in [2.24, 2.45) is 5.41 Å². The summed E-state index contributed by atoms with van der Waals surface area (Å²) < 4.78 is 5.61. The highest BCUT2D eigenvalue weighted by atomic mass is 16.5. The number of rotatable bonds is 9. The van der Waals surface area contributed by atoms with Crippen LogP contribution in [-0.2, 0) is 14.3 Å². The zero-order valence-corrected chi connectivity index (χ0v) is 20.6. The van der Waals surface area contributed by atoms with E-state index in [1.807, 2.05) is 57.2 Å². The van der Waals surface area contributed by atoms with E-state index in [0.717, 1.165) is 29.2 Å². The molecule has 0 fully saturated rings. The molecule has 2 aromatic rings. The molecule has 0 heterocycles. The molecule has 2 unspecified atom stereocenters. The number of nitrogens with one attached hydrogen (secondary N) is 2. The molecule has 0 aliphatic heterocycles. The largest absolute Gasteiger partial charge is 0.479 e. The summed E-state index contributed by atoms with van der Waals surface area (Å²) in [6.07, 6.45) is -0.191.